The Labute approximate surface area is 720 Å². The number of benzene rings is 13. The van der Waals surface area contributed by atoms with Gasteiger partial charge in [-0.2, -0.15) is 0 Å². The minimum Gasteiger partial charge on any atom is -0.310 e. The number of para-hydroxylation sites is 2. The normalized spacial score (nSPS) is 13.9. The van der Waals surface area contributed by atoms with Gasteiger partial charge in [0.1, 0.15) is 0 Å². The molecule has 3 heteroatoms. The molecule has 0 N–H and O–H groups in total. The minimum absolute atomic E-state index is 0.0218. The van der Waals surface area contributed by atoms with Gasteiger partial charge in [0.25, 0.3) is 0 Å². The van der Waals surface area contributed by atoms with Crippen molar-refractivity contribution in [2.75, 3.05) is 14.7 Å². The van der Waals surface area contributed by atoms with Gasteiger partial charge in [-0.3, -0.25) is 0 Å². The van der Waals surface area contributed by atoms with Crippen molar-refractivity contribution in [3.05, 3.63) is 330 Å². The van der Waals surface area contributed by atoms with Crippen LogP contribution in [0.5, 0.6) is 0 Å². The Morgan fingerprint density at radius 3 is 0.825 bits per heavy atom. The third kappa shape index (κ3) is 16.1. The minimum atomic E-state index is -0.115. The van der Waals surface area contributed by atoms with Gasteiger partial charge in [-0.25, -0.2) is 0 Å². The number of rotatable bonds is 41. The molecule has 13 aromatic rings. The highest BCUT2D eigenvalue weighted by molar-refractivity contribution is 6.03. The average Bonchev–Trinajstić information content (AvgIpc) is 1.54. The van der Waals surface area contributed by atoms with Gasteiger partial charge in [-0.05, 0) is 265 Å². The van der Waals surface area contributed by atoms with Gasteiger partial charge in [0.2, 0.25) is 0 Å². The summed E-state index contributed by atoms with van der Waals surface area (Å²) in [5, 5.41) is 2.70. The van der Waals surface area contributed by atoms with Crippen molar-refractivity contribution in [2.45, 2.75) is 263 Å². The van der Waals surface area contributed by atoms with Crippen LogP contribution < -0.4 is 14.7 Å². The van der Waals surface area contributed by atoms with E-state index in [-0.39, 0.29) is 16.2 Å². The van der Waals surface area contributed by atoms with E-state index in [2.05, 4.69) is 341 Å². The number of hydrogen-bond donors (Lipinski definition) is 0. The fraction of sp³-hybridized carbons (Fsp3) is 0.350. The van der Waals surface area contributed by atoms with Gasteiger partial charge in [0, 0.05) is 67.4 Å². The monoisotopic (exact) mass is 1580 g/mol. The van der Waals surface area contributed by atoms with Crippen LogP contribution in [-0.2, 0) is 29.1 Å². The summed E-state index contributed by atoms with van der Waals surface area (Å²) in [7, 11) is 0. The molecule has 0 saturated carbocycles. The van der Waals surface area contributed by atoms with Gasteiger partial charge in [0.15, 0.2) is 0 Å². The molecule has 0 saturated heterocycles. The molecule has 0 radical (unpaired) electrons. The first-order valence-corrected chi connectivity index (χ1v) is 47.4. The summed E-state index contributed by atoms with van der Waals surface area (Å²) in [6.07, 6.45) is 39.2. The van der Waals surface area contributed by atoms with E-state index >= 15 is 0 Å². The molecule has 17 rings (SSSR count). The van der Waals surface area contributed by atoms with E-state index in [1.807, 2.05) is 0 Å². The molecular weight excluding hydrogens is 1450 g/mol. The molecule has 3 nitrogen and oxygen atoms in total. The SMILES string of the molecule is CCCCCCC1(CCCCCC)c2ccccc2-c2ccc(N(c3ccccc3)c3ccc(-c4ccc(N(c5cc(-c6cc7c(c8ccccc68)CC7)cc(N(c6ccccc6)c6ccc7c(c6)C(CCCCCC)(CCCCCC)c6ccccc6-7)c5)c5ccc6c(c5)C(CCCCCC)(CCCCCC)c5ccccc5-6)cc4)cc3)cc21. The van der Waals surface area contributed by atoms with Gasteiger partial charge in [-0.15, -0.1) is 0 Å². The summed E-state index contributed by atoms with van der Waals surface area (Å²) in [4.78, 5) is 7.80. The van der Waals surface area contributed by atoms with Crippen molar-refractivity contribution >= 4 is 62.0 Å². The number of unbranched alkanes of at least 4 members (excludes halogenated alkanes) is 18. The summed E-state index contributed by atoms with van der Waals surface area (Å²) in [6.45, 7) is 14.1. The van der Waals surface area contributed by atoms with Crippen LogP contribution in [0, 0.1) is 0 Å². The Morgan fingerprint density at radius 2 is 0.492 bits per heavy atom. The standard InChI is InChI=1S/C117H129N3/c1-7-13-19-39-73-115(74-40-20-14-8-2)109-54-36-33-51-102(109)105-70-66-94(83-112(105)115)118(90-45-27-25-28-46-90)92-62-57-86(58-63-92)87-59-64-93(65-60-87)120(96-68-72-107-104-53-35-38-56-111(104)117(114(107)85-96,77-43-23-17-11-5)78-44-24-18-12-6)98-80-89(108-81-88-61-69-99(88)100-49-31-32-50-101(100)108)79-97(82-98)119(91-47-29-26-30-48-91)95-67-71-106-103-52-34-37-55-110(103)116(113(106)84-95,75-41-21-15-9-3)76-42-22-16-10-4/h25-38,45-60,62-68,70-72,79-85H,7-24,39-44,61,69,73-78H2,1-6H3. The lowest BCUT2D eigenvalue weighted by atomic mass is 9.70. The van der Waals surface area contributed by atoms with Crippen molar-refractivity contribution in [3.63, 3.8) is 0 Å². The molecule has 0 aromatic heterocycles. The van der Waals surface area contributed by atoms with Crippen LogP contribution >= 0.6 is 0 Å². The van der Waals surface area contributed by atoms with Crippen molar-refractivity contribution in [1.82, 2.24) is 0 Å². The van der Waals surface area contributed by atoms with Gasteiger partial charge < -0.3 is 14.7 Å². The molecule has 0 unspecified atom stereocenters. The Hall–Kier alpha value is -10.5. The predicted molar refractivity (Wildman–Crippen MR) is 517 cm³/mol. The van der Waals surface area contributed by atoms with Gasteiger partial charge in [0.05, 0.1) is 0 Å². The quantitative estimate of drug-likeness (QED) is 0.0354. The van der Waals surface area contributed by atoms with E-state index in [1.54, 1.807) is 0 Å². The van der Waals surface area contributed by atoms with E-state index in [9.17, 15) is 0 Å². The zero-order chi connectivity index (χ0) is 81.8. The Balaban J connectivity index is 0.832. The van der Waals surface area contributed by atoms with E-state index in [4.69, 9.17) is 0 Å². The highest BCUT2D eigenvalue weighted by Gasteiger charge is 2.46. The van der Waals surface area contributed by atoms with E-state index in [0.29, 0.717) is 0 Å². The van der Waals surface area contributed by atoms with Crippen molar-refractivity contribution in [1.29, 1.82) is 0 Å². The third-order valence-electron chi connectivity index (χ3n) is 28.5. The van der Waals surface area contributed by atoms with Crippen LogP contribution in [0.25, 0.3) is 66.4 Å². The first-order valence-electron chi connectivity index (χ1n) is 47.4. The van der Waals surface area contributed by atoms with Crippen LogP contribution in [0.3, 0.4) is 0 Å². The summed E-state index contributed by atoms with van der Waals surface area (Å²) in [5.74, 6) is 0. The number of hydrogen-bond acceptors (Lipinski definition) is 3. The fourth-order valence-corrected chi connectivity index (χ4v) is 22.3. The number of nitrogens with zero attached hydrogens (tertiary/aromatic N) is 3. The van der Waals surface area contributed by atoms with Crippen molar-refractivity contribution in [3.8, 4) is 55.6 Å². The summed E-state index contributed by atoms with van der Waals surface area (Å²) in [5.41, 5.74) is 35.7. The topological polar surface area (TPSA) is 9.72 Å². The van der Waals surface area contributed by atoms with Crippen LogP contribution in [-0.4, -0.2) is 0 Å². The second-order valence-corrected chi connectivity index (χ2v) is 36.1. The van der Waals surface area contributed by atoms with Crippen molar-refractivity contribution in [2.24, 2.45) is 0 Å². The predicted octanol–water partition coefficient (Wildman–Crippen LogP) is 35.3. The summed E-state index contributed by atoms with van der Waals surface area (Å²) in [6, 6.07) is 113. The lowest BCUT2D eigenvalue weighted by Gasteiger charge is -2.35. The average molecular weight is 1580 g/mol. The Kier molecular flexibility index (Phi) is 25.7. The lowest BCUT2D eigenvalue weighted by molar-refractivity contribution is 0.401. The zero-order valence-corrected chi connectivity index (χ0v) is 73.1. The van der Waals surface area contributed by atoms with Crippen molar-refractivity contribution < 1.29 is 0 Å². The largest absolute Gasteiger partial charge is 0.310 e. The molecule has 612 valence electrons. The fourth-order valence-electron chi connectivity index (χ4n) is 22.3. The molecular formula is C117H129N3. The molecule has 4 aliphatic rings. The number of anilines is 9. The highest BCUT2D eigenvalue weighted by Crippen LogP contribution is 2.60. The lowest BCUT2D eigenvalue weighted by Crippen LogP contribution is -2.26. The van der Waals surface area contributed by atoms with E-state index in [0.717, 1.165) is 72.6 Å². The Bertz CT molecular complexity index is 5590. The third-order valence-corrected chi connectivity index (χ3v) is 28.5. The number of fused-ring (bicyclic) bond motifs is 12. The first-order chi connectivity index (χ1) is 59.2. The maximum absolute atomic E-state index is 2.68. The van der Waals surface area contributed by atoms with Crippen LogP contribution in [0.2, 0.25) is 0 Å². The molecule has 0 atom stereocenters. The summed E-state index contributed by atoms with van der Waals surface area (Å²) < 4.78 is 0. The molecule has 0 amide bonds. The first kappa shape index (κ1) is 81.9. The molecule has 13 aromatic carbocycles. The Morgan fingerprint density at radius 1 is 0.200 bits per heavy atom. The molecule has 4 aliphatic carbocycles. The molecule has 0 aliphatic heterocycles. The van der Waals surface area contributed by atoms with Gasteiger partial charge in [-0.1, -0.05) is 378 Å². The van der Waals surface area contributed by atoms with Crippen LogP contribution in [0.15, 0.2) is 285 Å². The van der Waals surface area contributed by atoms with Crippen LogP contribution in [0.1, 0.15) is 279 Å². The summed E-state index contributed by atoms with van der Waals surface area (Å²) >= 11 is 0. The van der Waals surface area contributed by atoms with Gasteiger partial charge >= 0.3 is 0 Å². The molecule has 0 bridgehead atoms. The van der Waals surface area contributed by atoms with Crippen LogP contribution in [0.4, 0.5) is 51.2 Å². The second kappa shape index (κ2) is 37.7. The number of aryl methyl sites for hydroxylation is 2. The van der Waals surface area contributed by atoms with E-state index < -0.39 is 0 Å². The molecule has 0 heterocycles. The highest BCUT2D eigenvalue weighted by atomic mass is 15.2. The smallest absolute Gasteiger partial charge is 0.0488 e. The van der Waals surface area contributed by atoms with E-state index in [1.165, 1.54) is 295 Å². The maximum atomic E-state index is 2.68. The second-order valence-electron chi connectivity index (χ2n) is 36.1. The molecule has 120 heavy (non-hydrogen) atoms. The molecule has 0 spiro atoms. The maximum Gasteiger partial charge on any atom is 0.0488 e. The molecule has 0 fully saturated rings. The zero-order valence-electron chi connectivity index (χ0n) is 73.1.